The Morgan fingerprint density at radius 3 is 2.59 bits per heavy atom. The van der Waals surface area contributed by atoms with Crippen molar-refractivity contribution in [1.29, 1.82) is 0 Å². The van der Waals surface area contributed by atoms with Gasteiger partial charge in [0.2, 0.25) is 0 Å². The van der Waals surface area contributed by atoms with Crippen LogP contribution in [0.1, 0.15) is 45.6 Å². The second-order valence-corrected chi connectivity index (χ2v) is 9.83. The maximum Gasteiger partial charge on any atom is 0.324 e. The Balaban J connectivity index is 1.93. The summed E-state index contributed by atoms with van der Waals surface area (Å²) in [4.78, 5) is 15.7. The molecule has 29 heavy (non-hydrogen) atoms. The van der Waals surface area contributed by atoms with Crippen molar-refractivity contribution in [3.05, 3.63) is 33.8 Å². The number of halogens is 2. The third-order valence-electron chi connectivity index (χ3n) is 5.58. The van der Waals surface area contributed by atoms with Crippen LogP contribution in [0.4, 0.5) is 0 Å². The number of esters is 1. The molecule has 2 heterocycles. The lowest BCUT2D eigenvalue weighted by molar-refractivity contribution is -0.166. The first-order valence-corrected chi connectivity index (χ1v) is 11.2. The molecule has 0 aliphatic carbocycles. The monoisotopic (exact) mass is 442 g/mol. The number of nitrogens with zero attached hydrogens (tertiary/aromatic N) is 1. The quantitative estimate of drug-likeness (QED) is 0.665. The lowest BCUT2D eigenvalue weighted by Crippen LogP contribution is -2.54. The van der Waals surface area contributed by atoms with Crippen molar-refractivity contribution in [2.45, 2.75) is 64.3 Å². The van der Waals surface area contributed by atoms with E-state index < -0.39 is 5.60 Å². The number of carbonyl (C=O) groups excluding carboxylic acids is 1. The van der Waals surface area contributed by atoms with Crippen LogP contribution in [0.25, 0.3) is 0 Å². The van der Waals surface area contributed by atoms with Gasteiger partial charge < -0.3 is 14.8 Å². The molecule has 1 N–H and O–H groups in total. The van der Waals surface area contributed by atoms with Gasteiger partial charge in [-0.15, -0.1) is 0 Å². The SMILES string of the molecule is CC(C)(C)OC(=O)C(C1CCNC1)N(Cc1ccc(Cl)cc1Cl)C1CCOCC1. The molecule has 0 bridgehead atoms. The van der Waals surface area contributed by atoms with Crippen LogP contribution in [0, 0.1) is 5.92 Å². The largest absolute Gasteiger partial charge is 0.459 e. The molecule has 2 atom stereocenters. The highest BCUT2D eigenvalue weighted by Gasteiger charge is 2.41. The maximum atomic E-state index is 13.4. The minimum atomic E-state index is -0.527. The molecule has 0 aromatic heterocycles. The summed E-state index contributed by atoms with van der Waals surface area (Å²) in [6, 6.07) is 5.49. The van der Waals surface area contributed by atoms with E-state index in [1.165, 1.54) is 0 Å². The van der Waals surface area contributed by atoms with Crippen LogP contribution in [0.5, 0.6) is 0 Å². The fraction of sp³-hybridized carbons (Fsp3) is 0.682. The Kier molecular flexibility index (Phi) is 7.85. The van der Waals surface area contributed by atoms with Crippen molar-refractivity contribution in [2.24, 2.45) is 5.92 Å². The summed E-state index contributed by atoms with van der Waals surface area (Å²) in [6.07, 6.45) is 2.74. The van der Waals surface area contributed by atoms with Gasteiger partial charge in [-0.1, -0.05) is 29.3 Å². The van der Waals surface area contributed by atoms with E-state index in [-0.39, 0.29) is 24.0 Å². The highest BCUT2D eigenvalue weighted by molar-refractivity contribution is 6.35. The molecule has 2 aliphatic rings. The standard InChI is InChI=1S/C22H32Cl2N2O3/c1-22(2,3)29-21(27)20(15-6-9-25-13-15)26(18-7-10-28-11-8-18)14-16-4-5-17(23)12-19(16)24/h4-5,12,15,18,20,25H,6-11,13-14H2,1-3H3. The predicted molar refractivity (Wildman–Crippen MR) is 116 cm³/mol. The summed E-state index contributed by atoms with van der Waals surface area (Å²) in [6.45, 7) is 9.50. The van der Waals surface area contributed by atoms with Gasteiger partial charge in [0.05, 0.1) is 0 Å². The van der Waals surface area contributed by atoms with Gasteiger partial charge in [-0.05, 0) is 70.2 Å². The molecule has 0 radical (unpaired) electrons. The van der Waals surface area contributed by atoms with Gasteiger partial charge >= 0.3 is 5.97 Å². The van der Waals surface area contributed by atoms with Crippen molar-refractivity contribution < 1.29 is 14.3 Å². The van der Waals surface area contributed by atoms with E-state index in [0.717, 1.165) is 37.9 Å². The number of hydrogen-bond donors (Lipinski definition) is 1. The fourth-order valence-electron chi connectivity index (χ4n) is 4.23. The molecule has 2 fully saturated rings. The second kappa shape index (κ2) is 9.97. The zero-order valence-corrected chi connectivity index (χ0v) is 19.1. The van der Waals surface area contributed by atoms with E-state index >= 15 is 0 Å². The van der Waals surface area contributed by atoms with E-state index in [2.05, 4.69) is 10.2 Å². The third kappa shape index (κ3) is 6.31. The molecule has 2 saturated heterocycles. The Labute approximate surface area is 184 Å². The number of carbonyl (C=O) groups is 1. The molecule has 0 amide bonds. The minimum absolute atomic E-state index is 0.150. The maximum absolute atomic E-state index is 13.4. The predicted octanol–water partition coefficient (Wildman–Crippen LogP) is 4.29. The highest BCUT2D eigenvalue weighted by atomic mass is 35.5. The molecule has 3 rings (SSSR count). The highest BCUT2D eigenvalue weighted by Crippen LogP contribution is 2.31. The van der Waals surface area contributed by atoms with E-state index in [4.69, 9.17) is 32.7 Å². The molecule has 2 unspecified atom stereocenters. The van der Waals surface area contributed by atoms with Crippen molar-refractivity contribution in [3.8, 4) is 0 Å². The van der Waals surface area contributed by atoms with E-state index in [9.17, 15) is 4.79 Å². The van der Waals surface area contributed by atoms with Gasteiger partial charge in [0.25, 0.3) is 0 Å². The van der Waals surface area contributed by atoms with Gasteiger partial charge in [0.1, 0.15) is 11.6 Å². The average molecular weight is 443 g/mol. The topological polar surface area (TPSA) is 50.8 Å². The van der Waals surface area contributed by atoms with E-state index in [1.54, 1.807) is 6.07 Å². The lowest BCUT2D eigenvalue weighted by Gasteiger charge is -2.42. The number of nitrogens with one attached hydrogen (secondary N) is 1. The molecule has 0 spiro atoms. The second-order valence-electron chi connectivity index (χ2n) is 8.98. The molecule has 7 heteroatoms. The number of hydrogen-bond acceptors (Lipinski definition) is 5. The van der Waals surface area contributed by atoms with E-state index in [1.807, 2.05) is 32.9 Å². The summed E-state index contributed by atoms with van der Waals surface area (Å²) in [5.74, 6) is 0.0570. The summed E-state index contributed by atoms with van der Waals surface area (Å²) in [7, 11) is 0. The van der Waals surface area contributed by atoms with Gasteiger partial charge in [-0.2, -0.15) is 0 Å². The Morgan fingerprint density at radius 2 is 2.00 bits per heavy atom. The smallest absolute Gasteiger partial charge is 0.324 e. The van der Waals surface area contributed by atoms with Crippen molar-refractivity contribution in [2.75, 3.05) is 26.3 Å². The van der Waals surface area contributed by atoms with Gasteiger partial charge in [0, 0.05) is 42.4 Å². The summed E-state index contributed by atoms with van der Waals surface area (Å²) in [5.41, 5.74) is 0.447. The Morgan fingerprint density at radius 1 is 1.28 bits per heavy atom. The minimum Gasteiger partial charge on any atom is -0.459 e. The molecule has 2 aliphatic heterocycles. The number of benzene rings is 1. The fourth-order valence-corrected chi connectivity index (χ4v) is 4.69. The molecular formula is C22H32Cl2N2O3. The molecule has 0 saturated carbocycles. The van der Waals surface area contributed by atoms with Crippen LogP contribution in [0.2, 0.25) is 10.0 Å². The van der Waals surface area contributed by atoms with Crippen LogP contribution >= 0.6 is 23.2 Å². The molecule has 1 aromatic rings. The zero-order chi connectivity index (χ0) is 21.0. The van der Waals surface area contributed by atoms with Gasteiger partial charge in [-0.25, -0.2) is 0 Å². The molecule has 1 aromatic carbocycles. The van der Waals surface area contributed by atoms with Crippen LogP contribution in [0.15, 0.2) is 18.2 Å². The molecule has 5 nitrogen and oxygen atoms in total. The summed E-state index contributed by atoms with van der Waals surface area (Å²) < 4.78 is 11.5. The summed E-state index contributed by atoms with van der Waals surface area (Å²) >= 11 is 12.6. The zero-order valence-electron chi connectivity index (χ0n) is 17.5. The molecular weight excluding hydrogens is 411 g/mol. The first kappa shape index (κ1) is 22.8. The number of ether oxygens (including phenoxy) is 2. The third-order valence-corrected chi connectivity index (χ3v) is 6.17. The van der Waals surface area contributed by atoms with Gasteiger partial charge in [-0.3, -0.25) is 9.69 Å². The van der Waals surface area contributed by atoms with Crippen molar-refractivity contribution >= 4 is 29.2 Å². The summed E-state index contributed by atoms with van der Waals surface area (Å²) in [5, 5.41) is 4.65. The van der Waals surface area contributed by atoms with Crippen molar-refractivity contribution in [1.82, 2.24) is 10.2 Å². The van der Waals surface area contributed by atoms with Crippen LogP contribution in [-0.4, -0.2) is 54.9 Å². The molecule has 162 valence electrons. The van der Waals surface area contributed by atoms with Crippen molar-refractivity contribution in [3.63, 3.8) is 0 Å². The van der Waals surface area contributed by atoms with Crippen LogP contribution < -0.4 is 5.32 Å². The van der Waals surface area contributed by atoms with Crippen LogP contribution in [-0.2, 0) is 20.8 Å². The average Bonchev–Trinajstić information content (AvgIpc) is 3.16. The normalized spacial score (nSPS) is 22.1. The van der Waals surface area contributed by atoms with E-state index in [0.29, 0.717) is 29.8 Å². The Hall–Kier alpha value is -0.850. The first-order chi connectivity index (χ1) is 13.7. The lowest BCUT2D eigenvalue weighted by atomic mass is 9.93. The first-order valence-electron chi connectivity index (χ1n) is 10.5. The van der Waals surface area contributed by atoms with Crippen LogP contribution in [0.3, 0.4) is 0 Å². The number of rotatable bonds is 6. The Bertz CT molecular complexity index is 696. The van der Waals surface area contributed by atoms with Gasteiger partial charge in [0.15, 0.2) is 0 Å².